The molecule has 2 aromatic rings. The largest absolute Gasteiger partial charge is 0.343 e. The minimum atomic E-state index is -0.196. The summed E-state index contributed by atoms with van der Waals surface area (Å²) in [7, 11) is 0. The first-order valence-corrected chi connectivity index (χ1v) is 7.56. The number of hydrogen-bond acceptors (Lipinski definition) is 4. The van der Waals surface area contributed by atoms with Gasteiger partial charge in [0.2, 0.25) is 0 Å². The molecule has 0 saturated heterocycles. The lowest BCUT2D eigenvalue weighted by Gasteiger charge is -2.11. The molecule has 4 nitrogen and oxygen atoms in total. The van der Waals surface area contributed by atoms with Crippen LogP contribution in [0.25, 0.3) is 0 Å². The van der Waals surface area contributed by atoms with Crippen LogP contribution in [0.4, 0.5) is 0 Å². The number of nitrogens with two attached hydrogens (primary N) is 1. The zero-order chi connectivity index (χ0) is 15.2. The van der Waals surface area contributed by atoms with Crippen molar-refractivity contribution in [1.82, 2.24) is 10.3 Å². The van der Waals surface area contributed by atoms with Crippen molar-refractivity contribution in [2.75, 3.05) is 6.54 Å². The van der Waals surface area contributed by atoms with E-state index in [4.69, 9.17) is 17.3 Å². The summed E-state index contributed by atoms with van der Waals surface area (Å²) in [6.45, 7) is 2.16. The fourth-order valence-corrected chi connectivity index (χ4v) is 2.57. The highest BCUT2D eigenvalue weighted by Gasteiger charge is 2.14. The highest BCUT2D eigenvalue weighted by Crippen LogP contribution is 2.19. The molecule has 1 aromatic heterocycles. The molecule has 108 valence electrons. The summed E-state index contributed by atoms with van der Waals surface area (Å²) in [6, 6.07) is 4.86. The number of amides is 1. The fraction of sp³-hybridized carbons (Fsp3) is 0.200. The van der Waals surface area contributed by atoms with Crippen LogP contribution in [0.2, 0.25) is 5.02 Å². The number of carbonyl (C=O) groups is 1. The number of thiazole rings is 1. The van der Waals surface area contributed by atoms with Crippen LogP contribution in [0, 0.1) is 11.8 Å². The molecule has 0 radical (unpaired) electrons. The molecule has 6 heteroatoms. The molecule has 0 fully saturated rings. The average molecular weight is 320 g/mol. The molecule has 0 aliphatic heterocycles. The van der Waals surface area contributed by atoms with Crippen molar-refractivity contribution in [2.45, 2.75) is 13.0 Å². The van der Waals surface area contributed by atoms with Gasteiger partial charge in [0.05, 0.1) is 17.6 Å². The SMILES string of the molecule is CC(NC(=O)c1ccc(C#CCN)c(Cl)c1)c1nccs1. The maximum atomic E-state index is 12.2. The van der Waals surface area contributed by atoms with Crippen molar-refractivity contribution in [3.63, 3.8) is 0 Å². The van der Waals surface area contributed by atoms with Gasteiger partial charge in [-0.25, -0.2) is 4.98 Å². The molecule has 1 amide bonds. The topological polar surface area (TPSA) is 68.0 Å². The normalized spacial score (nSPS) is 11.4. The Balaban J connectivity index is 2.11. The van der Waals surface area contributed by atoms with Gasteiger partial charge in [-0.15, -0.1) is 11.3 Å². The number of hydrogen-bond donors (Lipinski definition) is 2. The van der Waals surface area contributed by atoms with Gasteiger partial charge in [-0.1, -0.05) is 23.4 Å². The molecule has 0 spiro atoms. The van der Waals surface area contributed by atoms with E-state index in [0.29, 0.717) is 16.1 Å². The Labute approximate surface area is 132 Å². The molecular weight excluding hydrogens is 306 g/mol. The second-order valence-corrected chi connectivity index (χ2v) is 5.60. The molecule has 0 aliphatic rings. The van der Waals surface area contributed by atoms with Gasteiger partial charge >= 0.3 is 0 Å². The second-order valence-electron chi connectivity index (χ2n) is 4.27. The third-order valence-electron chi connectivity index (χ3n) is 2.73. The van der Waals surface area contributed by atoms with Crippen molar-refractivity contribution in [3.8, 4) is 11.8 Å². The van der Waals surface area contributed by atoms with Gasteiger partial charge in [-0.2, -0.15) is 0 Å². The molecular formula is C15H14ClN3OS. The highest BCUT2D eigenvalue weighted by atomic mass is 35.5. The number of benzene rings is 1. The predicted octanol–water partition coefficient (Wildman–Crippen LogP) is 2.60. The van der Waals surface area contributed by atoms with E-state index in [-0.39, 0.29) is 18.5 Å². The summed E-state index contributed by atoms with van der Waals surface area (Å²) in [5.41, 5.74) is 6.47. The van der Waals surface area contributed by atoms with Crippen LogP contribution in [-0.2, 0) is 0 Å². The van der Waals surface area contributed by atoms with Crippen molar-refractivity contribution < 1.29 is 4.79 Å². The summed E-state index contributed by atoms with van der Waals surface area (Å²) in [6.07, 6.45) is 1.71. The molecule has 2 rings (SSSR count). The molecule has 0 saturated carbocycles. The second kappa shape index (κ2) is 7.23. The number of aromatic nitrogens is 1. The Morgan fingerprint density at radius 2 is 2.38 bits per heavy atom. The first kappa shape index (κ1) is 15.5. The third kappa shape index (κ3) is 4.05. The van der Waals surface area contributed by atoms with Crippen molar-refractivity contribution in [3.05, 3.63) is 50.9 Å². The van der Waals surface area contributed by atoms with Crippen LogP contribution < -0.4 is 11.1 Å². The third-order valence-corrected chi connectivity index (χ3v) is 4.00. The summed E-state index contributed by atoms with van der Waals surface area (Å²) >= 11 is 7.61. The zero-order valence-electron chi connectivity index (χ0n) is 11.4. The van der Waals surface area contributed by atoms with E-state index in [1.54, 1.807) is 24.4 Å². The van der Waals surface area contributed by atoms with E-state index in [9.17, 15) is 4.79 Å². The van der Waals surface area contributed by atoms with Crippen LogP contribution >= 0.6 is 22.9 Å². The quantitative estimate of drug-likeness (QED) is 0.854. The molecule has 3 N–H and O–H groups in total. The van der Waals surface area contributed by atoms with Gasteiger partial charge in [0.15, 0.2) is 0 Å². The molecule has 0 bridgehead atoms. The minimum Gasteiger partial charge on any atom is -0.343 e. The van der Waals surface area contributed by atoms with Gasteiger partial charge in [0.1, 0.15) is 5.01 Å². The van der Waals surface area contributed by atoms with E-state index in [1.165, 1.54) is 11.3 Å². The van der Waals surface area contributed by atoms with Crippen LogP contribution in [-0.4, -0.2) is 17.4 Å². The van der Waals surface area contributed by atoms with Crippen molar-refractivity contribution >= 4 is 28.8 Å². The molecule has 21 heavy (non-hydrogen) atoms. The lowest BCUT2D eigenvalue weighted by Crippen LogP contribution is -2.26. The van der Waals surface area contributed by atoms with E-state index in [0.717, 1.165) is 5.01 Å². The Morgan fingerprint density at radius 3 is 3.00 bits per heavy atom. The minimum absolute atomic E-state index is 0.145. The molecule has 1 heterocycles. The maximum absolute atomic E-state index is 12.2. The summed E-state index contributed by atoms with van der Waals surface area (Å²) < 4.78 is 0. The van der Waals surface area contributed by atoms with Gasteiger partial charge in [-0.05, 0) is 25.1 Å². The van der Waals surface area contributed by atoms with Crippen molar-refractivity contribution in [1.29, 1.82) is 0 Å². The Kier molecular flexibility index (Phi) is 5.34. The van der Waals surface area contributed by atoms with E-state index in [2.05, 4.69) is 22.1 Å². The van der Waals surface area contributed by atoms with Crippen LogP contribution in [0.1, 0.15) is 33.9 Å². The summed E-state index contributed by atoms with van der Waals surface area (Å²) in [5, 5.41) is 6.05. The average Bonchev–Trinajstić information content (AvgIpc) is 3.00. The van der Waals surface area contributed by atoms with Gasteiger partial charge in [-0.3, -0.25) is 4.79 Å². The molecule has 0 aliphatic carbocycles. The molecule has 1 aromatic carbocycles. The lowest BCUT2D eigenvalue weighted by atomic mass is 10.1. The monoisotopic (exact) mass is 319 g/mol. The Bertz CT molecular complexity index is 689. The fourth-order valence-electron chi connectivity index (χ4n) is 1.69. The van der Waals surface area contributed by atoms with Crippen LogP contribution in [0.15, 0.2) is 29.8 Å². The standard InChI is InChI=1S/C15H14ClN3OS/c1-10(15-18-7-8-21-15)19-14(20)12-5-4-11(3-2-6-17)13(16)9-12/h4-5,7-10H,6,17H2,1H3,(H,19,20). The van der Waals surface area contributed by atoms with Gasteiger partial charge in [0, 0.05) is 22.7 Å². The number of halogens is 1. The van der Waals surface area contributed by atoms with E-state index in [1.807, 2.05) is 12.3 Å². The first-order chi connectivity index (χ1) is 10.1. The Morgan fingerprint density at radius 1 is 1.57 bits per heavy atom. The smallest absolute Gasteiger partial charge is 0.251 e. The predicted molar refractivity (Wildman–Crippen MR) is 85.4 cm³/mol. The van der Waals surface area contributed by atoms with E-state index >= 15 is 0 Å². The van der Waals surface area contributed by atoms with Crippen molar-refractivity contribution in [2.24, 2.45) is 5.73 Å². The number of nitrogens with zero attached hydrogens (tertiary/aromatic N) is 1. The highest BCUT2D eigenvalue weighted by molar-refractivity contribution is 7.09. The summed E-state index contributed by atoms with van der Waals surface area (Å²) in [5.74, 6) is 5.39. The molecule has 1 atom stereocenters. The van der Waals surface area contributed by atoms with Gasteiger partial charge in [0.25, 0.3) is 5.91 Å². The first-order valence-electron chi connectivity index (χ1n) is 6.30. The van der Waals surface area contributed by atoms with Crippen LogP contribution in [0.5, 0.6) is 0 Å². The van der Waals surface area contributed by atoms with Gasteiger partial charge < -0.3 is 11.1 Å². The number of carbonyl (C=O) groups excluding carboxylic acids is 1. The maximum Gasteiger partial charge on any atom is 0.251 e. The lowest BCUT2D eigenvalue weighted by molar-refractivity contribution is 0.0940. The zero-order valence-corrected chi connectivity index (χ0v) is 13.0. The Hall–Kier alpha value is -1.87. The van der Waals surface area contributed by atoms with E-state index < -0.39 is 0 Å². The van der Waals surface area contributed by atoms with Crippen LogP contribution in [0.3, 0.4) is 0 Å². The number of rotatable bonds is 3. The molecule has 1 unspecified atom stereocenters. The summed E-state index contributed by atoms with van der Waals surface area (Å²) in [4.78, 5) is 16.4. The number of nitrogens with one attached hydrogen (secondary N) is 1.